The fourth-order valence-corrected chi connectivity index (χ4v) is 2.77. The molecule has 23 heavy (non-hydrogen) atoms. The normalized spacial score (nSPS) is 13.8. The van der Waals surface area contributed by atoms with Gasteiger partial charge in [-0.2, -0.15) is 0 Å². The van der Waals surface area contributed by atoms with Gasteiger partial charge in [0, 0.05) is 0 Å². The minimum absolute atomic E-state index is 0.0158. The van der Waals surface area contributed by atoms with Gasteiger partial charge >= 0.3 is 5.97 Å². The molecular formula is C21H34O2. The molecule has 1 aromatic carbocycles. The Morgan fingerprint density at radius 2 is 1.65 bits per heavy atom. The standard InChI is InChI=1S/C21H34O2/c1-6-7-8-9-10-17(4)23-21(22)18(5)20-13-11-19(12-14-20)15-16(2)3/h11-14,16-18H,6-10,15H2,1-5H3/t17-,18-/m0/s1. The van der Waals surface area contributed by atoms with Crippen LogP contribution in [0.2, 0.25) is 0 Å². The van der Waals surface area contributed by atoms with Crippen LogP contribution in [-0.4, -0.2) is 12.1 Å². The number of hydrogen-bond donors (Lipinski definition) is 0. The Bertz CT molecular complexity index is 447. The summed E-state index contributed by atoms with van der Waals surface area (Å²) in [5.41, 5.74) is 2.37. The summed E-state index contributed by atoms with van der Waals surface area (Å²) in [6.07, 6.45) is 6.92. The predicted octanol–water partition coefficient (Wildman–Crippen LogP) is 5.89. The fourth-order valence-electron chi connectivity index (χ4n) is 2.77. The Hall–Kier alpha value is -1.31. The highest BCUT2D eigenvalue weighted by Gasteiger charge is 2.19. The lowest BCUT2D eigenvalue weighted by Gasteiger charge is -2.17. The van der Waals surface area contributed by atoms with Crippen LogP contribution in [0, 0.1) is 5.92 Å². The van der Waals surface area contributed by atoms with Crippen molar-refractivity contribution in [3.8, 4) is 0 Å². The van der Waals surface area contributed by atoms with Gasteiger partial charge in [0.15, 0.2) is 0 Å². The summed E-state index contributed by atoms with van der Waals surface area (Å²) >= 11 is 0. The maximum atomic E-state index is 12.3. The molecule has 0 amide bonds. The van der Waals surface area contributed by atoms with Crippen molar-refractivity contribution in [3.63, 3.8) is 0 Å². The zero-order chi connectivity index (χ0) is 17.2. The second-order valence-corrected chi connectivity index (χ2v) is 7.16. The fraction of sp³-hybridized carbons (Fsp3) is 0.667. The average molecular weight is 319 g/mol. The zero-order valence-corrected chi connectivity index (χ0v) is 15.6. The first-order valence-electron chi connectivity index (χ1n) is 9.23. The van der Waals surface area contributed by atoms with E-state index in [1.807, 2.05) is 13.8 Å². The quantitative estimate of drug-likeness (QED) is 0.397. The summed E-state index contributed by atoms with van der Waals surface area (Å²) in [6, 6.07) is 8.39. The van der Waals surface area contributed by atoms with Crippen LogP contribution >= 0.6 is 0 Å². The van der Waals surface area contributed by atoms with Gasteiger partial charge in [-0.05, 0) is 50.2 Å². The molecule has 0 aliphatic rings. The van der Waals surface area contributed by atoms with E-state index in [9.17, 15) is 4.79 Å². The molecule has 0 N–H and O–H groups in total. The minimum Gasteiger partial charge on any atom is -0.462 e. The van der Waals surface area contributed by atoms with Crippen molar-refractivity contribution in [2.75, 3.05) is 0 Å². The third kappa shape index (κ3) is 7.67. The number of unbranched alkanes of at least 4 members (excludes halogenated alkanes) is 3. The number of carbonyl (C=O) groups is 1. The van der Waals surface area contributed by atoms with Crippen LogP contribution in [-0.2, 0) is 16.0 Å². The number of rotatable bonds is 10. The predicted molar refractivity (Wildman–Crippen MR) is 97.7 cm³/mol. The van der Waals surface area contributed by atoms with Gasteiger partial charge in [0.2, 0.25) is 0 Å². The van der Waals surface area contributed by atoms with Crippen LogP contribution in [0.25, 0.3) is 0 Å². The molecule has 1 aromatic rings. The number of ether oxygens (including phenoxy) is 1. The highest BCUT2D eigenvalue weighted by atomic mass is 16.5. The van der Waals surface area contributed by atoms with Crippen LogP contribution in [0.4, 0.5) is 0 Å². The lowest BCUT2D eigenvalue weighted by atomic mass is 9.97. The summed E-state index contributed by atoms with van der Waals surface area (Å²) in [5.74, 6) is 0.350. The van der Waals surface area contributed by atoms with Gasteiger partial charge in [0.1, 0.15) is 0 Å². The van der Waals surface area contributed by atoms with E-state index in [0.29, 0.717) is 5.92 Å². The summed E-state index contributed by atoms with van der Waals surface area (Å²) in [5, 5.41) is 0. The molecule has 0 heterocycles. The van der Waals surface area contributed by atoms with Crippen LogP contribution in [0.1, 0.15) is 83.8 Å². The molecule has 0 spiro atoms. The summed E-state index contributed by atoms with van der Waals surface area (Å²) in [7, 11) is 0. The second-order valence-electron chi connectivity index (χ2n) is 7.16. The van der Waals surface area contributed by atoms with Gasteiger partial charge in [-0.1, -0.05) is 64.3 Å². The van der Waals surface area contributed by atoms with E-state index in [4.69, 9.17) is 4.74 Å². The molecule has 130 valence electrons. The average Bonchev–Trinajstić information content (AvgIpc) is 2.51. The number of esters is 1. The number of carbonyl (C=O) groups excluding carboxylic acids is 1. The summed E-state index contributed by atoms with van der Waals surface area (Å²) in [4.78, 5) is 12.3. The molecule has 0 aliphatic carbocycles. The van der Waals surface area contributed by atoms with Crippen molar-refractivity contribution < 1.29 is 9.53 Å². The third-order valence-corrected chi connectivity index (χ3v) is 4.26. The van der Waals surface area contributed by atoms with Crippen molar-refractivity contribution >= 4 is 5.97 Å². The first kappa shape index (κ1) is 19.7. The van der Waals surface area contributed by atoms with Crippen LogP contribution in [0.15, 0.2) is 24.3 Å². The number of hydrogen-bond acceptors (Lipinski definition) is 2. The van der Waals surface area contributed by atoms with Crippen molar-refractivity contribution in [2.24, 2.45) is 5.92 Å². The molecule has 2 nitrogen and oxygen atoms in total. The maximum absolute atomic E-state index is 12.3. The highest BCUT2D eigenvalue weighted by Crippen LogP contribution is 2.20. The van der Waals surface area contributed by atoms with Crippen LogP contribution < -0.4 is 0 Å². The molecule has 0 bridgehead atoms. The third-order valence-electron chi connectivity index (χ3n) is 4.26. The molecule has 0 fully saturated rings. The van der Waals surface area contributed by atoms with E-state index in [0.717, 1.165) is 24.8 Å². The first-order chi connectivity index (χ1) is 10.9. The van der Waals surface area contributed by atoms with Crippen molar-refractivity contribution in [2.45, 2.75) is 85.2 Å². The molecule has 1 rings (SSSR count). The smallest absolute Gasteiger partial charge is 0.313 e. The van der Waals surface area contributed by atoms with Gasteiger partial charge in [0.25, 0.3) is 0 Å². The molecule has 0 saturated carbocycles. The Morgan fingerprint density at radius 1 is 1.00 bits per heavy atom. The molecule has 0 saturated heterocycles. The van der Waals surface area contributed by atoms with E-state index in [1.54, 1.807) is 0 Å². The maximum Gasteiger partial charge on any atom is 0.313 e. The van der Waals surface area contributed by atoms with E-state index in [-0.39, 0.29) is 18.0 Å². The Kier molecular flexibility index (Phi) is 8.98. The highest BCUT2D eigenvalue weighted by molar-refractivity contribution is 5.77. The minimum atomic E-state index is -0.193. The monoisotopic (exact) mass is 318 g/mol. The van der Waals surface area contributed by atoms with Gasteiger partial charge in [-0.15, -0.1) is 0 Å². The second kappa shape index (κ2) is 10.5. The van der Waals surface area contributed by atoms with E-state index in [1.165, 1.54) is 24.8 Å². The lowest BCUT2D eigenvalue weighted by molar-refractivity contribution is -0.150. The number of benzene rings is 1. The van der Waals surface area contributed by atoms with E-state index >= 15 is 0 Å². The Morgan fingerprint density at radius 3 is 2.22 bits per heavy atom. The summed E-state index contributed by atoms with van der Waals surface area (Å²) in [6.45, 7) is 10.6. The largest absolute Gasteiger partial charge is 0.462 e. The van der Waals surface area contributed by atoms with Crippen molar-refractivity contribution in [1.82, 2.24) is 0 Å². The molecular weight excluding hydrogens is 284 g/mol. The topological polar surface area (TPSA) is 26.3 Å². The molecule has 2 heteroatoms. The van der Waals surface area contributed by atoms with Crippen molar-refractivity contribution in [3.05, 3.63) is 35.4 Å². The first-order valence-corrected chi connectivity index (χ1v) is 9.23. The SMILES string of the molecule is CCCCCC[C@H](C)OC(=O)[C@@H](C)c1ccc(CC(C)C)cc1. The summed E-state index contributed by atoms with van der Waals surface area (Å²) < 4.78 is 5.60. The van der Waals surface area contributed by atoms with Gasteiger partial charge in [-0.25, -0.2) is 0 Å². The van der Waals surface area contributed by atoms with Crippen LogP contribution in [0.5, 0.6) is 0 Å². The zero-order valence-electron chi connectivity index (χ0n) is 15.6. The van der Waals surface area contributed by atoms with Gasteiger partial charge in [0.05, 0.1) is 12.0 Å². The molecule has 0 aromatic heterocycles. The van der Waals surface area contributed by atoms with Gasteiger partial charge < -0.3 is 4.74 Å². The molecule has 0 unspecified atom stereocenters. The van der Waals surface area contributed by atoms with Crippen molar-refractivity contribution in [1.29, 1.82) is 0 Å². The van der Waals surface area contributed by atoms with E-state index < -0.39 is 0 Å². The molecule has 2 atom stereocenters. The molecule has 0 aliphatic heterocycles. The van der Waals surface area contributed by atoms with Gasteiger partial charge in [-0.3, -0.25) is 4.79 Å². The Labute approximate surface area is 142 Å². The van der Waals surface area contributed by atoms with Crippen LogP contribution in [0.3, 0.4) is 0 Å². The lowest BCUT2D eigenvalue weighted by Crippen LogP contribution is -2.19. The van der Waals surface area contributed by atoms with E-state index in [2.05, 4.69) is 45.0 Å². The molecule has 0 radical (unpaired) electrons. The Balaban J connectivity index is 2.46.